The zero-order chi connectivity index (χ0) is 22.1. The van der Waals surface area contributed by atoms with Crippen LogP contribution in [0.1, 0.15) is 60.3 Å². The van der Waals surface area contributed by atoms with E-state index in [1.807, 2.05) is 39.6 Å². The summed E-state index contributed by atoms with van der Waals surface area (Å²) in [5.74, 6) is 2.14. The Kier molecular flexibility index (Phi) is 12.5. The van der Waals surface area contributed by atoms with Gasteiger partial charge < -0.3 is 24.8 Å². The molecule has 2 aliphatic rings. The van der Waals surface area contributed by atoms with Crippen LogP contribution in [0, 0.1) is 11.8 Å². The van der Waals surface area contributed by atoms with Crippen molar-refractivity contribution in [3.8, 4) is 0 Å². The maximum absolute atomic E-state index is 12.4. The first-order valence-electron chi connectivity index (χ1n) is 11.9. The Bertz CT molecular complexity index is 553. The van der Waals surface area contributed by atoms with Crippen LogP contribution < -0.4 is 5.32 Å². The number of amides is 1. The molecule has 0 saturated carbocycles. The molecule has 2 saturated heterocycles. The highest BCUT2D eigenvalue weighted by molar-refractivity contribution is 14.0. The third kappa shape index (κ3) is 10.1. The van der Waals surface area contributed by atoms with Gasteiger partial charge in [-0.05, 0) is 78.3 Å². The van der Waals surface area contributed by atoms with Crippen LogP contribution in [0.25, 0.3) is 0 Å². The SMILES string of the molecule is CCN(CC1CCN(C(=NC)NCC(C)CN2CCCC2)CC1)C(=O)OC(C)(C)C.I. The molecule has 1 atom stereocenters. The van der Waals surface area contributed by atoms with Crippen molar-refractivity contribution in [3.05, 3.63) is 0 Å². The molecule has 31 heavy (non-hydrogen) atoms. The lowest BCUT2D eigenvalue weighted by molar-refractivity contribution is 0.0214. The van der Waals surface area contributed by atoms with Gasteiger partial charge in [-0.1, -0.05) is 6.92 Å². The van der Waals surface area contributed by atoms with E-state index in [4.69, 9.17) is 4.74 Å². The van der Waals surface area contributed by atoms with E-state index >= 15 is 0 Å². The van der Waals surface area contributed by atoms with Crippen molar-refractivity contribution in [2.45, 2.75) is 65.9 Å². The standard InChI is InChI=1S/C23H45N5O2.HI/c1-7-27(22(29)30-23(3,4)5)18-20-10-14-28(15-11-20)21(24-6)25-16-19(2)17-26-12-8-9-13-26;/h19-20H,7-18H2,1-6H3,(H,24,25);1H. The van der Waals surface area contributed by atoms with Crippen LogP contribution in [0.15, 0.2) is 4.99 Å². The van der Waals surface area contributed by atoms with E-state index in [1.54, 1.807) is 0 Å². The largest absolute Gasteiger partial charge is 0.444 e. The minimum absolute atomic E-state index is 0. The fourth-order valence-electron chi connectivity index (χ4n) is 4.37. The molecule has 0 aromatic carbocycles. The number of carbonyl (C=O) groups excluding carboxylic acids is 1. The number of carbonyl (C=O) groups is 1. The smallest absolute Gasteiger partial charge is 0.410 e. The summed E-state index contributed by atoms with van der Waals surface area (Å²) in [6.45, 7) is 18.2. The molecular weight excluding hydrogens is 505 g/mol. The average Bonchev–Trinajstić information content (AvgIpc) is 3.19. The van der Waals surface area contributed by atoms with Gasteiger partial charge in [0, 0.05) is 46.3 Å². The lowest BCUT2D eigenvalue weighted by atomic mass is 9.96. The summed E-state index contributed by atoms with van der Waals surface area (Å²) in [5.41, 5.74) is -0.446. The molecule has 0 bridgehead atoms. The van der Waals surface area contributed by atoms with Gasteiger partial charge >= 0.3 is 6.09 Å². The van der Waals surface area contributed by atoms with Gasteiger partial charge in [-0.25, -0.2) is 4.79 Å². The number of nitrogens with zero attached hydrogens (tertiary/aromatic N) is 4. The molecule has 182 valence electrons. The topological polar surface area (TPSA) is 60.4 Å². The van der Waals surface area contributed by atoms with E-state index in [9.17, 15) is 4.79 Å². The van der Waals surface area contributed by atoms with Crippen LogP contribution in [0.2, 0.25) is 0 Å². The molecule has 0 spiro atoms. The molecule has 8 heteroatoms. The molecule has 0 aliphatic carbocycles. The van der Waals surface area contributed by atoms with E-state index in [0.717, 1.165) is 45.0 Å². The zero-order valence-electron chi connectivity index (χ0n) is 20.7. The predicted octanol–water partition coefficient (Wildman–Crippen LogP) is 3.88. The Hall–Kier alpha value is -0.770. The third-order valence-corrected chi connectivity index (χ3v) is 6.02. The zero-order valence-corrected chi connectivity index (χ0v) is 23.0. The van der Waals surface area contributed by atoms with E-state index in [1.165, 1.54) is 32.5 Å². The molecule has 1 unspecified atom stereocenters. The monoisotopic (exact) mass is 551 g/mol. The molecule has 1 N–H and O–H groups in total. The third-order valence-electron chi connectivity index (χ3n) is 6.02. The summed E-state index contributed by atoms with van der Waals surface area (Å²) in [4.78, 5) is 23.7. The van der Waals surface area contributed by atoms with E-state index in [-0.39, 0.29) is 30.1 Å². The van der Waals surface area contributed by atoms with Crippen LogP contribution in [-0.4, -0.2) is 91.8 Å². The number of hydrogen-bond donors (Lipinski definition) is 1. The van der Waals surface area contributed by atoms with Crippen LogP contribution in [0.3, 0.4) is 0 Å². The van der Waals surface area contributed by atoms with Gasteiger partial charge in [0.25, 0.3) is 0 Å². The summed E-state index contributed by atoms with van der Waals surface area (Å²) in [7, 11) is 1.88. The second kappa shape index (κ2) is 13.7. The number of guanidine groups is 1. The van der Waals surface area contributed by atoms with Gasteiger partial charge in [-0.2, -0.15) is 0 Å². The number of hydrogen-bond acceptors (Lipinski definition) is 4. The van der Waals surface area contributed by atoms with Gasteiger partial charge in [0.15, 0.2) is 5.96 Å². The average molecular weight is 552 g/mol. The van der Waals surface area contributed by atoms with Gasteiger partial charge in [0.05, 0.1) is 0 Å². The fraction of sp³-hybridized carbons (Fsp3) is 0.913. The van der Waals surface area contributed by atoms with Crippen LogP contribution >= 0.6 is 24.0 Å². The number of nitrogens with one attached hydrogen (secondary N) is 1. The molecule has 2 fully saturated rings. The van der Waals surface area contributed by atoms with Crippen LogP contribution in [0.4, 0.5) is 4.79 Å². The second-order valence-electron chi connectivity index (χ2n) is 9.99. The molecule has 2 heterocycles. The minimum Gasteiger partial charge on any atom is -0.444 e. The Balaban J connectivity index is 0.00000480. The molecule has 2 rings (SSSR count). The van der Waals surface area contributed by atoms with Gasteiger partial charge in [0.1, 0.15) is 5.60 Å². The first kappa shape index (κ1) is 28.3. The maximum Gasteiger partial charge on any atom is 0.410 e. The van der Waals surface area contributed by atoms with Crippen molar-refractivity contribution in [2.75, 3.05) is 59.4 Å². The van der Waals surface area contributed by atoms with Crippen LogP contribution in [-0.2, 0) is 4.74 Å². The van der Waals surface area contributed by atoms with Crippen molar-refractivity contribution in [1.82, 2.24) is 20.0 Å². The predicted molar refractivity (Wildman–Crippen MR) is 139 cm³/mol. The summed E-state index contributed by atoms with van der Waals surface area (Å²) >= 11 is 0. The van der Waals surface area contributed by atoms with Gasteiger partial charge in [0.2, 0.25) is 0 Å². The van der Waals surface area contributed by atoms with Crippen molar-refractivity contribution < 1.29 is 9.53 Å². The highest BCUT2D eigenvalue weighted by Gasteiger charge is 2.27. The number of ether oxygens (including phenoxy) is 1. The fourth-order valence-corrected chi connectivity index (χ4v) is 4.37. The maximum atomic E-state index is 12.4. The van der Waals surface area contributed by atoms with Crippen molar-refractivity contribution in [3.63, 3.8) is 0 Å². The number of piperidine rings is 1. The van der Waals surface area contributed by atoms with Crippen molar-refractivity contribution >= 4 is 36.0 Å². The van der Waals surface area contributed by atoms with E-state index in [2.05, 4.69) is 27.0 Å². The molecule has 0 radical (unpaired) electrons. The Morgan fingerprint density at radius 3 is 2.32 bits per heavy atom. The van der Waals surface area contributed by atoms with E-state index in [0.29, 0.717) is 18.4 Å². The Morgan fingerprint density at radius 2 is 1.81 bits per heavy atom. The number of halogens is 1. The second-order valence-corrected chi connectivity index (χ2v) is 9.99. The van der Waals surface area contributed by atoms with Crippen molar-refractivity contribution in [1.29, 1.82) is 0 Å². The summed E-state index contributed by atoms with van der Waals surface area (Å²) < 4.78 is 5.55. The van der Waals surface area contributed by atoms with Crippen molar-refractivity contribution in [2.24, 2.45) is 16.8 Å². The van der Waals surface area contributed by atoms with Gasteiger partial charge in [-0.3, -0.25) is 4.99 Å². The molecule has 1 amide bonds. The number of aliphatic imine (C=N–C) groups is 1. The normalized spacial score (nSPS) is 19.7. The summed E-state index contributed by atoms with van der Waals surface area (Å²) in [6.07, 6.45) is 4.64. The summed E-state index contributed by atoms with van der Waals surface area (Å²) in [6, 6.07) is 0. The molecular formula is C23H46IN5O2. The summed E-state index contributed by atoms with van der Waals surface area (Å²) in [5, 5.41) is 3.59. The first-order valence-corrected chi connectivity index (χ1v) is 11.9. The highest BCUT2D eigenvalue weighted by Crippen LogP contribution is 2.20. The minimum atomic E-state index is -0.446. The quantitative estimate of drug-likeness (QED) is 0.296. The van der Waals surface area contributed by atoms with E-state index < -0.39 is 5.60 Å². The highest BCUT2D eigenvalue weighted by atomic mass is 127. The lowest BCUT2D eigenvalue weighted by Gasteiger charge is -2.36. The lowest BCUT2D eigenvalue weighted by Crippen LogP contribution is -2.49. The molecule has 0 aromatic rings. The first-order chi connectivity index (χ1) is 14.2. The molecule has 7 nitrogen and oxygen atoms in total. The van der Waals surface area contributed by atoms with Gasteiger partial charge in [-0.15, -0.1) is 24.0 Å². The number of likely N-dealkylation sites (tertiary alicyclic amines) is 2. The molecule has 2 aliphatic heterocycles. The van der Waals surface area contributed by atoms with Crippen LogP contribution in [0.5, 0.6) is 0 Å². The Morgan fingerprint density at radius 1 is 1.19 bits per heavy atom. The Labute approximate surface area is 207 Å². The molecule has 0 aromatic heterocycles. The number of rotatable bonds is 7.